The molecule has 4 nitrogen and oxygen atoms in total. The smallest absolute Gasteiger partial charge is 0.270 e. The van der Waals surface area contributed by atoms with Gasteiger partial charge in [0.1, 0.15) is 5.57 Å². The molecule has 0 bridgehead atoms. The van der Waals surface area contributed by atoms with Crippen molar-refractivity contribution < 1.29 is 9.59 Å². The molecule has 0 spiro atoms. The molecule has 0 saturated carbocycles. The average molecular weight is 399 g/mol. The molecule has 1 aliphatic rings. The Morgan fingerprint density at radius 1 is 1.08 bits per heavy atom. The molecular weight excluding hydrogens is 388 g/mol. The van der Waals surface area contributed by atoms with E-state index >= 15 is 0 Å². The van der Waals surface area contributed by atoms with Crippen molar-refractivity contribution in [3.63, 3.8) is 0 Å². The first-order chi connectivity index (χ1) is 12.5. The highest BCUT2D eigenvalue weighted by Crippen LogP contribution is 2.29. The summed E-state index contributed by atoms with van der Waals surface area (Å²) in [7, 11) is 0. The normalized spacial score (nSPS) is 16.4. The van der Waals surface area contributed by atoms with Crippen LogP contribution < -0.4 is 10.2 Å². The minimum Gasteiger partial charge on any atom is -0.298 e. The number of carbonyl (C=O) groups excluding carboxylic acids is 2. The van der Waals surface area contributed by atoms with Crippen LogP contribution in [0.25, 0.3) is 16.2 Å². The SMILES string of the molecule is O=C1NC(=S)N(c2ccc(Cl)cc2)C(=O)C1=Cc1cc2ccccc2s1. The fourth-order valence-corrected chi connectivity index (χ4v) is 4.11. The molecule has 7 heteroatoms. The number of halogens is 1. The Balaban J connectivity index is 1.75. The van der Waals surface area contributed by atoms with Crippen molar-refractivity contribution in [2.75, 3.05) is 4.90 Å². The zero-order chi connectivity index (χ0) is 18.3. The van der Waals surface area contributed by atoms with Gasteiger partial charge in [0, 0.05) is 14.6 Å². The van der Waals surface area contributed by atoms with Crippen molar-refractivity contribution in [2.45, 2.75) is 0 Å². The van der Waals surface area contributed by atoms with Crippen molar-refractivity contribution in [1.29, 1.82) is 0 Å². The first kappa shape index (κ1) is 16.9. The second-order valence-electron chi connectivity index (χ2n) is 5.62. The van der Waals surface area contributed by atoms with E-state index in [1.165, 1.54) is 16.2 Å². The number of anilines is 1. The number of amides is 2. The Kier molecular flexibility index (Phi) is 4.32. The minimum absolute atomic E-state index is 0.0418. The van der Waals surface area contributed by atoms with E-state index in [2.05, 4.69) is 5.32 Å². The second-order valence-corrected chi connectivity index (χ2v) is 7.56. The van der Waals surface area contributed by atoms with Gasteiger partial charge in [0.15, 0.2) is 5.11 Å². The van der Waals surface area contributed by atoms with Crippen LogP contribution in [0.1, 0.15) is 4.88 Å². The summed E-state index contributed by atoms with van der Waals surface area (Å²) in [5, 5.41) is 4.25. The lowest BCUT2D eigenvalue weighted by Crippen LogP contribution is -2.54. The molecule has 1 aromatic heterocycles. The van der Waals surface area contributed by atoms with E-state index in [4.69, 9.17) is 23.8 Å². The monoisotopic (exact) mass is 398 g/mol. The van der Waals surface area contributed by atoms with Crippen molar-refractivity contribution in [3.05, 3.63) is 70.1 Å². The number of nitrogens with one attached hydrogen (secondary N) is 1. The topological polar surface area (TPSA) is 49.4 Å². The summed E-state index contributed by atoms with van der Waals surface area (Å²) in [4.78, 5) is 27.4. The van der Waals surface area contributed by atoms with Crippen LogP contribution in [-0.2, 0) is 9.59 Å². The Morgan fingerprint density at radius 2 is 1.81 bits per heavy atom. The van der Waals surface area contributed by atoms with E-state index in [9.17, 15) is 9.59 Å². The fourth-order valence-electron chi connectivity index (χ4n) is 2.70. The molecule has 1 N–H and O–H groups in total. The van der Waals surface area contributed by atoms with Gasteiger partial charge in [-0.2, -0.15) is 0 Å². The number of hydrogen-bond acceptors (Lipinski definition) is 4. The summed E-state index contributed by atoms with van der Waals surface area (Å²) >= 11 is 12.6. The maximum atomic E-state index is 12.9. The van der Waals surface area contributed by atoms with E-state index in [0.717, 1.165) is 15.0 Å². The van der Waals surface area contributed by atoms with Crippen LogP contribution in [-0.4, -0.2) is 16.9 Å². The number of thiophene rings is 1. The van der Waals surface area contributed by atoms with Crippen LogP contribution in [0, 0.1) is 0 Å². The van der Waals surface area contributed by atoms with E-state index in [1.807, 2.05) is 30.3 Å². The highest BCUT2D eigenvalue weighted by atomic mass is 35.5. The van der Waals surface area contributed by atoms with E-state index < -0.39 is 11.8 Å². The lowest BCUT2D eigenvalue weighted by molar-refractivity contribution is -0.122. The molecule has 1 aliphatic heterocycles. The summed E-state index contributed by atoms with van der Waals surface area (Å²) < 4.78 is 1.09. The third kappa shape index (κ3) is 3.03. The summed E-state index contributed by atoms with van der Waals surface area (Å²) in [5.41, 5.74) is 0.590. The van der Waals surface area contributed by atoms with Gasteiger partial charge in [0.2, 0.25) is 0 Å². The van der Waals surface area contributed by atoms with Gasteiger partial charge in [0.25, 0.3) is 11.8 Å². The van der Waals surface area contributed by atoms with Crippen LogP contribution in [0.5, 0.6) is 0 Å². The van der Waals surface area contributed by atoms with E-state index in [0.29, 0.717) is 10.7 Å². The average Bonchev–Trinajstić information content (AvgIpc) is 3.03. The summed E-state index contributed by atoms with van der Waals surface area (Å²) in [6.07, 6.45) is 1.60. The molecule has 4 rings (SSSR count). The number of nitrogens with zero attached hydrogens (tertiary/aromatic N) is 1. The van der Waals surface area contributed by atoms with Crippen molar-refractivity contribution in [2.24, 2.45) is 0 Å². The standard InChI is InChI=1S/C19H11ClN2O2S2/c20-12-5-7-13(8-6-12)22-18(24)15(17(23)21-19(22)25)10-14-9-11-3-1-2-4-16(11)26-14/h1-10H,(H,21,23,25). The Bertz CT molecular complexity index is 1050. The van der Waals surface area contributed by atoms with Crippen molar-refractivity contribution >= 4 is 73.9 Å². The fraction of sp³-hybridized carbons (Fsp3) is 0. The Hall–Kier alpha value is -2.54. The molecule has 128 valence electrons. The maximum Gasteiger partial charge on any atom is 0.270 e. The van der Waals surface area contributed by atoms with Crippen LogP contribution in [0.3, 0.4) is 0 Å². The lowest BCUT2D eigenvalue weighted by Gasteiger charge is -2.28. The quantitative estimate of drug-likeness (QED) is 0.396. The molecule has 0 atom stereocenters. The predicted octanol–water partition coefficient (Wildman–Crippen LogP) is 4.39. The number of hydrogen-bond donors (Lipinski definition) is 1. The zero-order valence-electron chi connectivity index (χ0n) is 13.2. The van der Waals surface area contributed by atoms with Gasteiger partial charge >= 0.3 is 0 Å². The molecule has 1 fully saturated rings. The molecule has 3 aromatic rings. The van der Waals surface area contributed by atoms with Gasteiger partial charge in [0.05, 0.1) is 5.69 Å². The maximum absolute atomic E-state index is 12.9. The third-order valence-corrected chi connectivity index (χ3v) is 5.52. The first-order valence-electron chi connectivity index (χ1n) is 7.68. The summed E-state index contributed by atoms with van der Waals surface area (Å²) in [6, 6.07) is 16.5. The zero-order valence-corrected chi connectivity index (χ0v) is 15.6. The molecule has 2 amide bonds. The van der Waals surface area contributed by atoms with Crippen molar-refractivity contribution in [3.8, 4) is 0 Å². The Morgan fingerprint density at radius 3 is 2.54 bits per heavy atom. The van der Waals surface area contributed by atoms with E-state index in [-0.39, 0.29) is 10.7 Å². The third-order valence-electron chi connectivity index (χ3n) is 3.92. The van der Waals surface area contributed by atoms with Crippen LogP contribution in [0.4, 0.5) is 5.69 Å². The molecular formula is C19H11ClN2O2S2. The Labute approximate surface area is 163 Å². The van der Waals surface area contributed by atoms with Gasteiger partial charge in [-0.15, -0.1) is 11.3 Å². The van der Waals surface area contributed by atoms with Crippen LogP contribution in [0.15, 0.2) is 60.2 Å². The highest BCUT2D eigenvalue weighted by Gasteiger charge is 2.34. The number of carbonyl (C=O) groups is 2. The molecule has 0 aliphatic carbocycles. The number of thiocarbonyl (C=S) groups is 1. The molecule has 2 heterocycles. The van der Waals surface area contributed by atoms with Gasteiger partial charge < -0.3 is 0 Å². The van der Waals surface area contributed by atoms with E-state index in [1.54, 1.807) is 30.3 Å². The van der Waals surface area contributed by atoms with Gasteiger partial charge in [-0.3, -0.25) is 19.8 Å². The van der Waals surface area contributed by atoms with Crippen LogP contribution >= 0.6 is 35.2 Å². The molecule has 2 aromatic carbocycles. The van der Waals surface area contributed by atoms with Gasteiger partial charge in [-0.25, -0.2) is 0 Å². The number of benzene rings is 2. The number of fused-ring (bicyclic) bond motifs is 1. The largest absolute Gasteiger partial charge is 0.298 e. The summed E-state index contributed by atoms with van der Waals surface area (Å²) in [6.45, 7) is 0. The molecule has 1 saturated heterocycles. The number of rotatable bonds is 2. The molecule has 0 unspecified atom stereocenters. The molecule has 26 heavy (non-hydrogen) atoms. The van der Waals surface area contributed by atoms with Crippen LogP contribution in [0.2, 0.25) is 5.02 Å². The van der Waals surface area contributed by atoms with Gasteiger partial charge in [-0.1, -0.05) is 29.8 Å². The first-order valence-corrected chi connectivity index (χ1v) is 9.29. The highest BCUT2D eigenvalue weighted by molar-refractivity contribution is 7.80. The van der Waals surface area contributed by atoms with Crippen molar-refractivity contribution in [1.82, 2.24) is 5.32 Å². The van der Waals surface area contributed by atoms with Gasteiger partial charge in [-0.05, 0) is 60.1 Å². The lowest BCUT2D eigenvalue weighted by atomic mass is 10.1. The predicted molar refractivity (Wildman–Crippen MR) is 109 cm³/mol. The minimum atomic E-state index is -0.498. The summed E-state index contributed by atoms with van der Waals surface area (Å²) in [5.74, 6) is -0.957. The second kappa shape index (κ2) is 6.64. The molecule has 0 radical (unpaired) electrons.